The van der Waals surface area contributed by atoms with Crippen LogP contribution in [0.25, 0.3) is 0 Å². The van der Waals surface area contributed by atoms with Gasteiger partial charge >= 0.3 is 0 Å². The van der Waals surface area contributed by atoms with Crippen LogP contribution in [0.2, 0.25) is 5.02 Å². The number of piperidine rings is 1. The Labute approximate surface area is 202 Å². The van der Waals surface area contributed by atoms with Crippen molar-refractivity contribution < 1.29 is 19.1 Å². The van der Waals surface area contributed by atoms with Crippen LogP contribution in [0.15, 0.2) is 18.2 Å². The van der Waals surface area contributed by atoms with E-state index in [4.69, 9.17) is 21.1 Å². The molecule has 2 amide bonds. The van der Waals surface area contributed by atoms with Crippen molar-refractivity contribution in [2.24, 2.45) is 11.3 Å². The van der Waals surface area contributed by atoms with Crippen LogP contribution >= 0.6 is 11.6 Å². The van der Waals surface area contributed by atoms with E-state index in [2.05, 4.69) is 10.6 Å². The van der Waals surface area contributed by atoms with Crippen molar-refractivity contribution in [1.29, 1.82) is 0 Å². The Hall–Kier alpha value is -1.83. The normalized spacial score (nSPS) is 20.9. The molecule has 1 saturated carbocycles. The molecule has 184 valence electrons. The zero-order valence-corrected chi connectivity index (χ0v) is 21.0. The van der Waals surface area contributed by atoms with Gasteiger partial charge in [0, 0.05) is 57.3 Å². The third-order valence-corrected chi connectivity index (χ3v) is 6.40. The summed E-state index contributed by atoms with van der Waals surface area (Å²) in [6.45, 7) is 8.72. The van der Waals surface area contributed by atoms with Crippen LogP contribution in [0.3, 0.4) is 0 Å². The van der Waals surface area contributed by atoms with Crippen molar-refractivity contribution in [3.8, 4) is 5.75 Å². The molecule has 1 aromatic rings. The van der Waals surface area contributed by atoms with Gasteiger partial charge in [-0.3, -0.25) is 9.59 Å². The third kappa shape index (κ3) is 7.59. The second-order valence-corrected chi connectivity index (χ2v) is 10.6. The van der Waals surface area contributed by atoms with Crippen LogP contribution < -0.4 is 15.4 Å². The molecular formula is C25H38ClN3O4. The number of methoxy groups -OCH3 is 1. The smallest absolute Gasteiger partial charge is 0.227 e. The zero-order valence-electron chi connectivity index (χ0n) is 20.3. The van der Waals surface area contributed by atoms with Gasteiger partial charge in [-0.1, -0.05) is 38.4 Å². The van der Waals surface area contributed by atoms with Crippen molar-refractivity contribution in [2.45, 2.75) is 65.1 Å². The highest BCUT2D eigenvalue weighted by atomic mass is 35.5. The molecule has 1 aliphatic heterocycles. The Morgan fingerprint density at radius 2 is 1.97 bits per heavy atom. The molecule has 2 aliphatic rings. The number of hydrogen-bond donors (Lipinski definition) is 2. The van der Waals surface area contributed by atoms with Gasteiger partial charge in [-0.05, 0) is 37.0 Å². The van der Waals surface area contributed by atoms with Crippen molar-refractivity contribution >= 4 is 23.4 Å². The predicted octanol–water partition coefficient (Wildman–Crippen LogP) is 3.39. The van der Waals surface area contributed by atoms with Crippen molar-refractivity contribution in [3.63, 3.8) is 0 Å². The lowest BCUT2D eigenvalue weighted by atomic mass is 9.91. The molecule has 0 aromatic heterocycles. The van der Waals surface area contributed by atoms with Gasteiger partial charge in [-0.15, -0.1) is 0 Å². The fourth-order valence-electron chi connectivity index (χ4n) is 3.99. The molecule has 2 N–H and O–H groups in total. The summed E-state index contributed by atoms with van der Waals surface area (Å²) >= 11 is 6.31. The largest absolute Gasteiger partial charge is 0.492 e. The average Bonchev–Trinajstić information content (AvgIpc) is 3.61. The third-order valence-electron chi connectivity index (χ3n) is 6.09. The van der Waals surface area contributed by atoms with Crippen LogP contribution in [0, 0.1) is 11.3 Å². The second-order valence-electron chi connectivity index (χ2n) is 10.2. The first-order valence-electron chi connectivity index (χ1n) is 11.9. The number of hydrogen-bond acceptors (Lipinski definition) is 5. The number of carbonyl (C=O) groups excluding carboxylic acids is 2. The van der Waals surface area contributed by atoms with Crippen LogP contribution in [0.5, 0.6) is 5.75 Å². The molecule has 8 heteroatoms. The number of amides is 2. The summed E-state index contributed by atoms with van der Waals surface area (Å²) in [7, 11) is 1.67. The average molecular weight is 480 g/mol. The summed E-state index contributed by atoms with van der Waals surface area (Å²) in [4.78, 5) is 27.9. The standard InChI is InChI=1S/C25H38ClN3O4/c1-25(2,3)24(31)28-19-13-18(14-27-15-19)23(30)29(20-7-8-20)16-17-6-9-21(26)22(12-17)33-11-5-10-32-4/h6,9,12,18-20,27H,5,7-8,10-11,13-16H2,1-4H3,(H,28,31). The molecule has 0 bridgehead atoms. The molecule has 2 unspecified atom stereocenters. The lowest BCUT2D eigenvalue weighted by Gasteiger charge is -2.35. The van der Waals surface area contributed by atoms with Crippen LogP contribution in [0.1, 0.15) is 52.0 Å². The van der Waals surface area contributed by atoms with Crippen molar-refractivity contribution in [1.82, 2.24) is 15.5 Å². The van der Waals surface area contributed by atoms with E-state index in [1.807, 2.05) is 43.9 Å². The Morgan fingerprint density at radius 3 is 2.64 bits per heavy atom. The van der Waals surface area contributed by atoms with Gasteiger partial charge in [-0.25, -0.2) is 0 Å². The molecule has 2 fully saturated rings. The quantitative estimate of drug-likeness (QED) is 0.503. The van der Waals surface area contributed by atoms with E-state index < -0.39 is 5.41 Å². The molecule has 1 heterocycles. The van der Waals surface area contributed by atoms with Gasteiger partial charge in [0.1, 0.15) is 5.75 Å². The van der Waals surface area contributed by atoms with E-state index in [1.165, 1.54) is 0 Å². The lowest BCUT2D eigenvalue weighted by Crippen LogP contribution is -2.54. The van der Waals surface area contributed by atoms with E-state index in [9.17, 15) is 9.59 Å². The minimum atomic E-state index is -0.449. The highest BCUT2D eigenvalue weighted by Crippen LogP contribution is 2.33. The Kier molecular flexibility index (Phi) is 9.02. The number of nitrogens with one attached hydrogen (secondary N) is 2. The van der Waals surface area contributed by atoms with E-state index in [0.29, 0.717) is 50.0 Å². The minimum absolute atomic E-state index is 0.0145. The molecule has 7 nitrogen and oxygen atoms in total. The summed E-state index contributed by atoms with van der Waals surface area (Å²) < 4.78 is 10.9. The van der Waals surface area contributed by atoms with Gasteiger partial charge in [0.15, 0.2) is 0 Å². The molecule has 1 aromatic carbocycles. The summed E-state index contributed by atoms with van der Waals surface area (Å²) in [5, 5.41) is 7.01. The number of ether oxygens (including phenoxy) is 2. The van der Waals surface area contributed by atoms with E-state index >= 15 is 0 Å². The molecule has 3 rings (SSSR count). The topological polar surface area (TPSA) is 79.9 Å². The molecule has 1 saturated heterocycles. The Balaban J connectivity index is 1.63. The van der Waals surface area contributed by atoms with E-state index in [1.54, 1.807) is 7.11 Å². The van der Waals surface area contributed by atoms with Gasteiger partial charge in [-0.2, -0.15) is 0 Å². The fraction of sp³-hybridized carbons (Fsp3) is 0.680. The zero-order chi connectivity index (χ0) is 24.0. The first-order chi connectivity index (χ1) is 15.7. The van der Waals surface area contributed by atoms with E-state index in [0.717, 1.165) is 24.8 Å². The van der Waals surface area contributed by atoms with Crippen LogP contribution in [-0.4, -0.2) is 62.2 Å². The monoisotopic (exact) mass is 479 g/mol. The summed E-state index contributed by atoms with van der Waals surface area (Å²) in [5.41, 5.74) is 0.553. The summed E-state index contributed by atoms with van der Waals surface area (Å²) in [6, 6.07) is 5.96. The first kappa shape index (κ1) is 25.8. The SMILES string of the molecule is COCCCOc1cc(CN(C(=O)C2CNCC(NC(=O)C(C)(C)C)C2)C2CC2)ccc1Cl. The van der Waals surface area contributed by atoms with Gasteiger partial charge in [0.2, 0.25) is 11.8 Å². The number of benzene rings is 1. The fourth-order valence-corrected chi connectivity index (χ4v) is 4.16. The molecule has 2 atom stereocenters. The molecular weight excluding hydrogens is 442 g/mol. The maximum absolute atomic E-state index is 13.5. The second kappa shape index (κ2) is 11.5. The maximum atomic E-state index is 13.5. The van der Waals surface area contributed by atoms with Gasteiger partial charge < -0.3 is 25.0 Å². The number of halogens is 1. The Morgan fingerprint density at radius 1 is 1.21 bits per heavy atom. The minimum Gasteiger partial charge on any atom is -0.492 e. The molecule has 33 heavy (non-hydrogen) atoms. The van der Waals surface area contributed by atoms with Crippen molar-refractivity contribution in [2.75, 3.05) is 33.4 Å². The van der Waals surface area contributed by atoms with Gasteiger partial charge in [0.05, 0.1) is 17.5 Å². The summed E-state index contributed by atoms with van der Waals surface area (Å²) in [6.07, 6.45) is 3.50. The number of nitrogens with zero attached hydrogens (tertiary/aromatic N) is 1. The maximum Gasteiger partial charge on any atom is 0.227 e. The molecule has 0 spiro atoms. The van der Waals surface area contributed by atoms with Crippen LogP contribution in [-0.2, 0) is 20.9 Å². The summed E-state index contributed by atoms with van der Waals surface area (Å²) in [5.74, 6) is 0.650. The first-order valence-corrected chi connectivity index (χ1v) is 12.3. The number of rotatable bonds is 10. The van der Waals surface area contributed by atoms with Gasteiger partial charge in [0.25, 0.3) is 0 Å². The van der Waals surface area contributed by atoms with Crippen molar-refractivity contribution in [3.05, 3.63) is 28.8 Å². The Bertz CT molecular complexity index is 822. The predicted molar refractivity (Wildman–Crippen MR) is 129 cm³/mol. The van der Waals surface area contributed by atoms with E-state index in [-0.39, 0.29) is 29.8 Å². The highest BCUT2D eigenvalue weighted by molar-refractivity contribution is 6.32. The lowest BCUT2D eigenvalue weighted by molar-refractivity contribution is -0.138. The highest BCUT2D eigenvalue weighted by Gasteiger charge is 2.38. The van der Waals surface area contributed by atoms with Crippen LogP contribution in [0.4, 0.5) is 0 Å². The number of carbonyl (C=O) groups is 2. The molecule has 0 radical (unpaired) electrons. The molecule has 1 aliphatic carbocycles.